The first kappa shape index (κ1) is 23.9. The second-order valence-corrected chi connectivity index (χ2v) is 8.79. The first-order valence-corrected chi connectivity index (χ1v) is 9.88. The lowest BCUT2D eigenvalue weighted by Gasteiger charge is -2.27. The molecule has 1 fully saturated rings. The van der Waals surface area contributed by atoms with E-state index in [4.69, 9.17) is 4.74 Å². The highest BCUT2D eigenvalue weighted by atomic mass is 127. The minimum absolute atomic E-state index is 0. The first-order valence-electron chi connectivity index (χ1n) is 9.06. The van der Waals surface area contributed by atoms with Crippen LogP contribution in [0.25, 0.3) is 0 Å². The molecule has 0 radical (unpaired) electrons. The molecule has 9 heteroatoms. The maximum atomic E-state index is 12.4. The predicted octanol–water partition coefficient (Wildman–Crippen LogP) is 3.44. The van der Waals surface area contributed by atoms with Gasteiger partial charge in [-0.05, 0) is 47.5 Å². The van der Waals surface area contributed by atoms with Gasteiger partial charge in [0.2, 0.25) is 0 Å². The molecule has 0 spiro atoms. The zero-order valence-electron chi connectivity index (χ0n) is 17.1. The monoisotopic (exact) mass is 509 g/mol. The molecule has 27 heavy (non-hydrogen) atoms. The van der Waals surface area contributed by atoms with Crippen molar-refractivity contribution in [1.29, 1.82) is 0 Å². The summed E-state index contributed by atoms with van der Waals surface area (Å²) in [5.41, 5.74) is 0.603. The average molecular weight is 509 g/mol. The predicted molar refractivity (Wildman–Crippen MR) is 121 cm³/mol. The van der Waals surface area contributed by atoms with Gasteiger partial charge in [0.1, 0.15) is 10.6 Å². The van der Waals surface area contributed by atoms with Crippen molar-refractivity contribution in [3.8, 4) is 0 Å². The standard InChI is InChI=1S/C18H31N5O2S.HI/c1-12-13(2)26-15(22-12)11-21-16(19-6)20-9-10-23(14-7-8-14)17(24)25-18(3,4)5;/h14H,7-11H2,1-6H3,(H2,19,20,21);1H. The van der Waals surface area contributed by atoms with Gasteiger partial charge in [0, 0.05) is 31.1 Å². The van der Waals surface area contributed by atoms with Crippen molar-refractivity contribution in [2.45, 2.75) is 65.6 Å². The first-order chi connectivity index (χ1) is 12.2. The number of halogens is 1. The zero-order chi connectivity index (χ0) is 19.3. The molecule has 0 unspecified atom stereocenters. The number of aryl methyl sites for hydroxylation is 2. The lowest BCUT2D eigenvalue weighted by atomic mass is 10.2. The maximum Gasteiger partial charge on any atom is 0.410 e. The minimum Gasteiger partial charge on any atom is -0.444 e. The molecule has 1 aromatic heterocycles. The van der Waals surface area contributed by atoms with Crippen LogP contribution in [0, 0.1) is 13.8 Å². The number of carbonyl (C=O) groups is 1. The number of guanidine groups is 1. The molecule has 0 atom stereocenters. The van der Waals surface area contributed by atoms with Gasteiger partial charge in [0.25, 0.3) is 0 Å². The molecule has 1 saturated carbocycles. The molecule has 154 valence electrons. The van der Waals surface area contributed by atoms with Crippen LogP contribution in [-0.2, 0) is 11.3 Å². The summed E-state index contributed by atoms with van der Waals surface area (Å²) in [6.07, 6.45) is 1.86. The second-order valence-electron chi connectivity index (χ2n) is 7.51. The fraction of sp³-hybridized carbons (Fsp3) is 0.722. The number of hydrogen-bond donors (Lipinski definition) is 2. The van der Waals surface area contributed by atoms with Crippen LogP contribution in [0.15, 0.2) is 4.99 Å². The molecule has 1 aromatic rings. The van der Waals surface area contributed by atoms with Crippen molar-refractivity contribution in [2.24, 2.45) is 4.99 Å². The van der Waals surface area contributed by atoms with Crippen LogP contribution in [0.2, 0.25) is 0 Å². The summed E-state index contributed by atoms with van der Waals surface area (Å²) < 4.78 is 5.51. The number of aliphatic imine (C=N–C) groups is 1. The van der Waals surface area contributed by atoms with Gasteiger partial charge >= 0.3 is 6.09 Å². The third-order valence-electron chi connectivity index (χ3n) is 3.96. The van der Waals surface area contributed by atoms with Gasteiger partial charge in [0.15, 0.2) is 5.96 Å². The SMILES string of the molecule is CN=C(NCCN(C(=O)OC(C)(C)C)C1CC1)NCc1nc(C)c(C)s1.I. The molecule has 0 aliphatic heterocycles. The highest BCUT2D eigenvalue weighted by molar-refractivity contribution is 14.0. The molecular weight excluding hydrogens is 477 g/mol. The number of amides is 1. The maximum absolute atomic E-state index is 12.4. The Balaban J connectivity index is 0.00000364. The van der Waals surface area contributed by atoms with Crippen LogP contribution in [0.4, 0.5) is 4.79 Å². The van der Waals surface area contributed by atoms with E-state index in [1.165, 1.54) is 4.88 Å². The van der Waals surface area contributed by atoms with Crippen molar-refractivity contribution in [2.75, 3.05) is 20.1 Å². The number of nitrogens with zero attached hydrogens (tertiary/aromatic N) is 3. The van der Waals surface area contributed by atoms with Crippen LogP contribution in [0.1, 0.15) is 49.2 Å². The van der Waals surface area contributed by atoms with Crippen molar-refractivity contribution in [1.82, 2.24) is 20.5 Å². The van der Waals surface area contributed by atoms with Gasteiger partial charge in [-0.25, -0.2) is 9.78 Å². The fourth-order valence-corrected chi connectivity index (χ4v) is 3.29. The van der Waals surface area contributed by atoms with Crippen LogP contribution >= 0.6 is 35.3 Å². The largest absolute Gasteiger partial charge is 0.444 e. The van der Waals surface area contributed by atoms with E-state index in [1.807, 2.05) is 32.6 Å². The Labute approximate surface area is 183 Å². The molecule has 0 aromatic carbocycles. The Hall–Kier alpha value is -1.10. The third-order valence-corrected chi connectivity index (χ3v) is 5.04. The Bertz CT molecular complexity index is 633. The Morgan fingerprint density at radius 3 is 2.48 bits per heavy atom. The Morgan fingerprint density at radius 2 is 2.00 bits per heavy atom. The number of carbonyl (C=O) groups excluding carboxylic acids is 1. The number of thiazole rings is 1. The molecule has 0 saturated heterocycles. The van der Waals surface area contributed by atoms with E-state index < -0.39 is 5.60 Å². The summed E-state index contributed by atoms with van der Waals surface area (Å²) in [5.74, 6) is 0.704. The molecule has 2 rings (SSSR count). The highest BCUT2D eigenvalue weighted by Crippen LogP contribution is 2.28. The number of nitrogens with one attached hydrogen (secondary N) is 2. The number of hydrogen-bond acceptors (Lipinski definition) is 5. The van der Waals surface area contributed by atoms with E-state index in [9.17, 15) is 4.79 Å². The van der Waals surface area contributed by atoms with Gasteiger partial charge in [-0.1, -0.05) is 0 Å². The molecule has 1 amide bonds. The normalized spacial score (nSPS) is 14.4. The van der Waals surface area contributed by atoms with E-state index in [0.717, 1.165) is 23.5 Å². The van der Waals surface area contributed by atoms with Gasteiger partial charge in [-0.15, -0.1) is 35.3 Å². The lowest BCUT2D eigenvalue weighted by Crippen LogP contribution is -2.45. The van der Waals surface area contributed by atoms with Crippen molar-refractivity contribution in [3.05, 3.63) is 15.6 Å². The second kappa shape index (κ2) is 10.4. The zero-order valence-corrected chi connectivity index (χ0v) is 20.2. The number of aromatic nitrogens is 1. The quantitative estimate of drug-likeness (QED) is 0.349. The summed E-state index contributed by atoms with van der Waals surface area (Å²) in [6, 6.07) is 0.308. The van der Waals surface area contributed by atoms with E-state index in [-0.39, 0.29) is 30.1 Å². The number of rotatable bonds is 6. The smallest absolute Gasteiger partial charge is 0.410 e. The fourth-order valence-electron chi connectivity index (χ4n) is 2.42. The van der Waals surface area contributed by atoms with Crippen LogP contribution in [-0.4, -0.2) is 53.7 Å². The average Bonchev–Trinajstić information content (AvgIpc) is 3.31. The summed E-state index contributed by atoms with van der Waals surface area (Å²) in [5, 5.41) is 7.56. The Morgan fingerprint density at radius 1 is 1.33 bits per heavy atom. The van der Waals surface area contributed by atoms with Crippen LogP contribution in [0.5, 0.6) is 0 Å². The van der Waals surface area contributed by atoms with E-state index >= 15 is 0 Å². The molecular formula is C18H32IN5O2S. The minimum atomic E-state index is -0.473. The molecule has 7 nitrogen and oxygen atoms in total. The Kier molecular flexibility index (Phi) is 9.26. The summed E-state index contributed by atoms with van der Waals surface area (Å²) >= 11 is 1.69. The van der Waals surface area contributed by atoms with E-state index in [1.54, 1.807) is 18.4 Å². The molecule has 1 aliphatic rings. The highest BCUT2D eigenvalue weighted by Gasteiger charge is 2.34. The van der Waals surface area contributed by atoms with Gasteiger partial charge in [-0.3, -0.25) is 4.99 Å². The summed E-state index contributed by atoms with van der Waals surface area (Å²) in [7, 11) is 1.74. The topological polar surface area (TPSA) is 78.9 Å². The van der Waals surface area contributed by atoms with Crippen LogP contribution < -0.4 is 10.6 Å². The van der Waals surface area contributed by atoms with Crippen LogP contribution in [0.3, 0.4) is 0 Å². The third kappa shape index (κ3) is 8.20. The lowest BCUT2D eigenvalue weighted by molar-refractivity contribution is 0.0238. The molecule has 1 heterocycles. The van der Waals surface area contributed by atoms with E-state index in [2.05, 4.69) is 27.5 Å². The summed E-state index contributed by atoms with van der Waals surface area (Å²) in [4.78, 5) is 24.2. The van der Waals surface area contributed by atoms with Gasteiger partial charge in [-0.2, -0.15) is 0 Å². The van der Waals surface area contributed by atoms with Gasteiger partial charge < -0.3 is 20.3 Å². The molecule has 1 aliphatic carbocycles. The van der Waals surface area contributed by atoms with Crippen molar-refractivity contribution >= 4 is 47.4 Å². The van der Waals surface area contributed by atoms with Crippen molar-refractivity contribution < 1.29 is 9.53 Å². The molecule has 2 N–H and O–H groups in total. The van der Waals surface area contributed by atoms with E-state index in [0.29, 0.717) is 31.6 Å². The van der Waals surface area contributed by atoms with Crippen molar-refractivity contribution in [3.63, 3.8) is 0 Å². The summed E-state index contributed by atoms with van der Waals surface area (Å²) in [6.45, 7) is 11.6. The number of ether oxygens (including phenoxy) is 1. The molecule has 0 bridgehead atoms. The van der Waals surface area contributed by atoms with Gasteiger partial charge in [0.05, 0.1) is 12.2 Å².